The van der Waals surface area contributed by atoms with Crippen molar-refractivity contribution in [3.63, 3.8) is 0 Å². The number of hydrogen-bond acceptors (Lipinski definition) is 5. The van der Waals surface area contributed by atoms with Crippen LogP contribution in [0, 0.1) is 0 Å². The van der Waals surface area contributed by atoms with Crippen LogP contribution in [0.25, 0.3) is 0 Å². The summed E-state index contributed by atoms with van der Waals surface area (Å²) in [5.74, 6) is -0.748. The molecule has 0 saturated carbocycles. The first-order chi connectivity index (χ1) is 8.80. The molecule has 1 aliphatic rings. The van der Waals surface area contributed by atoms with Crippen molar-refractivity contribution in [1.29, 1.82) is 0 Å². The summed E-state index contributed by atoms with van der Waals surface area (Å²) in [6.07, 6.45) is 1.04. The van der Waals surface area contributed by atoms with Gasteiger partial charge in [0.2, 0.25) is 10.0 Å². The molecule has 1 N–H and O–H groups in total. The zero-order valence-corrected chi connectivity index (χ0v) is 12.2. The Morgan fingerprint density at radius 1 is 1.16 bits per heavy atom. The number of rotatable bonds is 4. The van der Waals surface area contributed by atoms with Crippen LogP contribution in [-0.4, -0.2) is 47.7 Å². The third-order valence-electron chi connectivity index (χ3n) is 2.85. The monoisotopic (exact) mass is 304 g/mol. The average Bonchev–Trinajstić information content (AvgIpc) is 2.35. The van der Waals surface area contributed by atoms with Gasteiger partial charge in [0.05, 0.1) is 29.4 Å². The van der Waals surface area contributed by atoms with E-state index in [-0.39, 0.29) is 11.5 Å². The molecule has 0 atom stereocenters. The number of benzene rings is 1. The molecule has 1 heterocycles. The van der Waals surface area contributed by atoms with Crippen LogP contribution in [0.4, 0.5) is 11.4 Å². The molecule has 6 nitrogen and oxygen atoms in total. The van der Waals surface area contributed by atoms with Gasteiger partial charge in [0.1, 0.15) is 9.84 Å². The lowest BCUT2D eigenvalue weighted by atomic mass is 10.2. The summed E-state index contributed by atoms with van der Waals surface area (Å²) >= 11 is 0. The first-order valence-electron chi connectivity index (χ1n) is 5.81. The molecule has 0 amide bonds. The lowest BCUT2D eigenvalue weighted by molar-refractivity contribution is 0.586. The van der Waals surface area contributed by atoms with Gasteiger partial charge in [-0.15, -0.1) is 0 Å². The van der Waals surface area contributed by atoms with Crippen molar-refractivity contribution in [3.8, 4) is 0 Å². The van der Waals surface area contributed by atoms with Gasteiger partial charge in [-0.2, -0.15) is 0 Å². The van der Waals surface area contributed by atoms with E-state index >= 15 is 0 Å². The van der Waals surface area contributed by atoms with Crippen molar-refractivity contribution < 1.29 is 16.8 Å². The minimum absolute atomic E-state index is 0.309. The minimum Gasteiger partial charge on any atom is -0.382 e. The first kappa shape index (κ1) is 14.1. The van der Waals surface area contributed by atoms with Gasteiger partial charge in [-0.1, -0.05) is 12.1 Å². The zero-order chi connectivity index (χ0) is 14.1. The highest BCUT2D eigenvalue weighted by Gasteiger charge is 2.27. The molecule has 0 aromatic heterocycles. The molecule has 1 aromatic carbocycles. The predicted octanol–water partition coefficient (Wildman–Crippen LogP) is 0.293. The summed E-state index contributed by atoms with van der Waals surface area (Å²) < 4.78 is 48.0. The van der Waals surface area contributed by atoms with Crippen LogP contribution in [0.3, 0.4) is 0 Å². The molecule has 19 heavy (non-hydrogen) atoms. The number of sulfonamides is 1. The second kappa shape index (κ2) is 5.01. The average molecular weight is 304 g/mol. The molecule has 0 bridgehead atoms. The highest BCUT2D eigenvalue weighted by molar-refractivity contribution is 7.95. The Morgan fingerprint density at radius 2 is 1.84 bits per heavy atom. The molecular weight excluding hydrogens is 288 g/mol. The van der Waals surface area contributed by atoms with E-state index < -0.39 is 19.9 Å². The Kier molecular flexibility index (Phi) is 3.73. The normalized spacial score (nSPS) is 15.7. The maximum absolute atomic E-state index is 12.2. The lowest BCUT2D eigenvalue weighted by Crippen LogP contribution is -2.41. The summed E-state index contributed by atoms with van der Waals surface area (Å²) in [6, 6.07) is 7.08. The fourth-order valence-electron chi connectivity index (χ4n) is 1.91. The highest BCUT2D eigenvalue weighted by Crippen LogP contribution is 2.30. The smallest absolute Gasteiger partial charge is 0.236 e. The van der Waals surface area contributed by atoms with E-state index in [4.69, 9.17) is 0 Å². The molecule has 1 aliphatic heterocycles. The Labute approximate surface area is 113 Å². The largest absolute Gasteiger partial charge is 0.382 e. The van der Waals surface area contributed by atoms with E-state index in [0.717, 1.165) is 11.9 Å². The summed E-state index contributed by atoms with van der Waals surface area (Å²) in [6.45, 7) is 0.818. The Morgan fingerprint density at radius 3 is 2.53 bits per heavy atom. The quantitative estimate of drug-likeness (QED) is 0.864. The molecule has 8 heteroatoms. The second-order valence-electron chi connectivity index (χ2n) is 4.46. The van der Waals surface area contributed by atoms with Gasteiger partial charge in [-0.05, 0) is 12.1 Å². The van der Waals surface area contributed by atoms with Gasteiger partial charge in [-0.25, -0.2) is 16.8 Å². The van der Waals surface area contributed by atoms with Gasteiger partial charge in [0.15, 0.2) is 0 Å². The summed E-state index contributed by atoms with van der Waals surface area (Å²) in [5, 5.41) is 3.11. The fourth-order valence-corrected chi connectivity index (χ4v) is 5.01. The van der Waals surface area contributed by atoms with E-state index in [1.54, 1.807) is 18.2 Å². The van der Waals surface area contributed by atoms with Crippen molar-refractivity contribution >= 4 is 31.2 Å². The number of nitrogens with zero attached hydrogens (tertiary/aromatic N) is 1. The number of para-hydroxylation sites is 2. The van der Waals surface area contributed by atoms with E-state index in [1.165, 1.54) is 4.31 Å². The zero-order valence-electron chi connectivity index (χ0n) is 10.5. The van der Waals surface area contributed by atoms with E-state index in [0.29, 0.717) is 18.8 Å². The number of anilines is 2. The maximum atomic E-state index is 12.2. The van der Waals surface area contributed by atoms with Crippen LogP contribution >= 0.6 is 0 Å². The van der Waals surface area contributed by atoms with Crippen molar-refractivity contribution in [2.75, 3.05) is 40.5 Å². The van der Waals surface area contributed by atoms with Gasteiger partial charge in [0, 0.05) is 12.8 Å². The first-order valence-corrected chi connectivity index (χ1v) is 9.48. The van der Waals surface area contributed by atoms with E-state index in [1.807, 2.05) is 6.07 Å². The molecule has 0 aliphatic carbocycles. The summed E-state index contributed by atoms with van der Waals surface area (Å²) in [5.41, 5.74) is 1.32. The SMILES string of the molecule is CS(=O)(=O)CCS(=O)(=O)N1CCNc2ccccc21. The van der Waals surface area contributed by atoms with Crippen LogP contribution in [0.5, 0.6) is 0 Å². The number of hydrogen-bond donors (Lipinski definition) is 1. The molecular formula is C11H16N2O4S2. The molecule has 0 unspecified atom stereocenters. The molecule has 2 rings (SSSR count). The fraction of sp³-hybridized carbons (Fsp3) is 0.455. The number of fused-ring (bicyclic) bond motifs is 1. The maximum Gasteiger partial charge on any atom is 0.236 e. The third kappa shape index (κ3) is 3.38. The molecule has 0 spiro atoms. The van der Waals surface area contributed by atoms with Gasteiger partial charge < -0.3 is 5.32 Å². The van der Waals surface area contributed by atoms with Gasteiger partial charge in [0.25, 0.3) is 0 Å². The minimum atomic E-state index is -3.62. The summed E-state index contributed by atoms with van der Waals surface area (Å²) in [4.78, 5) is 0. The lowest BCUT2D eigenvalue weighted by Gasteiger charge is -2.31. The number of nitrogens with one attached hydrogen (secondary N) is 1. The number of sulfone groups is 1. The van der Waals surface area contributed by atoms with Crippen molar-refractivity contribution in [2.24, 2.45) is 0 Å². The van der Waals surface area contributed by atoms with Crippen molar-refractivity contribution in [2.45, 2.75) is 0 Å². The standard InChI is InChI=1S/C11H16N2O4S2/c1-18(14,15)8-9-19(16,17)13-7-6-12-10-4-2-3-5-11(10)13/h2-5,12H,6-9H2,1H3. The Balaban J connectivity index is 2.28. The topological polar surface area (TPSA) is 83.5 Å². The second-order valence-corrected chi connectivity index (χ2v) is 8.73. The van der Waals surface area contributed by atoms with Crippen molar-refractivity contribution in [1.82, 2.24) is 0 Å². The molecule has 0 radical (unpaired) electrons. The Bertz CT molecular complexity index is 668. The molecule has 0 saturated heterocycles. The van der Waals surface area contributed by atoms with Gasteiger partial charge in [-0.3, -0.25) is 4.31 Å². The van der Waals surface area contributed by atoms with Crippen molar-refractivity contribution in [3.05, 3.63) is 24.3 Å². The molecule has 1 aromatic rings. The van der Waals surface area contributed by atoms with Crippen LogP contribution in [0.15, 0.2) is 24.3 Å². The van der Waals surface area contributed by atoms with Crippen LogP contribution in [0.1, 0.15) is 0 Å². The highest BCUT2D eigenvalue weighted by atomic mass is 32.2. The summed E-state index contributed by atoms with van der Waals surface area (Å²) in [7, 11) is -6.91. The third-order valence-corrected chi connectivity index (χ3v) is 5.83. The Hall–Kier alpha value is -1.28. The van der Waals surface area contributed by atoms with E-state index in [2.05, 4.69) is 5.32 Å². The van der Waals surface area contributed by atoms with Crippen LogP contribution < -0.4 is 9.62 Å². The van der Waals surface area contributed by atoms with Crippen LogP contribution in [-0.2, 0) is 19.9 Å². The molecule has 106 valence electrons. The van der Waals surface area contributed by atoms with Crippen LogP contribution in [0.2, 0.25) is 0 Å². The predicted molar refractivity (Wildman–Crippen MR) is 75.8 cm³/mol. The molecule has 0 fully saturated rings. The van der Waals surface area contributed by atoms with Gasteiger partial charge >= 0.3 is 0 Å². The van der Waals surface area contributed by atoms with E-state index in [9.17, 15) is 16.8 Å².